The van der Waals surface area contributed by atoms with Gasteiger partial charge in [0.1, 0.15) is 6.33 Å². The molecule has 1 aromatic heterocycles. The van der Waals surface area contributed by atoms with Crippen molar-refractivity contribution < 1.29 is 13.9 Å². The molecule has 0 bridgehead atoms. The summed E-state index contributed by atoms with van der Waals surface area (Å²) >= 11 is 5.82. The first-order valence-corrected chi connectivity index (χ1v) is 8.74. The first kappa shape index (κ1) is 16.0. The van der Waals surface area contributed by atoms with Crippen molar-refractivity contribution in [2.75, 3.05) is 24.7 Å². The zero-order valence-corrected chi connectivity index (χ0v) is 14.2. The van der Waals surface area contributed by atoms with Gasteiger partial charge >= 0.3 is 0 Å². The summed E-state index contributed by atoms with van der Waals surface area (Å²) in [5.41, 5.74) is 0. The number of carbonyl (C=O) groups is 1. The van der Waals surface area contributed by atoms with Gasteiger partial charge in [0.25, 0.3) is 0 Å². The lowest BCUT2D eigenvalue weighted by atomic mass is 10.0. The predicted octanol–water partition coefficient (Wildman–Crippen LogP) is 1.64. The van der Waals surface area contributed by atoms with Crippen molar-refractivity contribution in [1.29, 1.82) is 0 Å². The second kappa shape index (κ2) is 6.11. The van der Waals surface area contributed by atoms with E-state index in [1.165, 1.54) is 6.33 Å². The van der Waals surface area contributed by atoms with Crippen LogP contribution in [-0.4, -0.2) is 47.7 Å². The minimum absolute atomic E-state index is 0.0117. The molecule has 3 aliphatic rings. The Morgan fingerprint density at radius 3 is 3.00 bits per heavy atom. The Balaban J connectivity index is 1.53. The van der Waals surface area contributed by atoms with Crippen LogP contribution in [0.5, 0.6) is 0 Å². The van der Waals surface area contributed by atoms with Crippen LogP contribution in [-0.2, 0) is 9.53 Å². The maximum Gasteiger partial charge on any atom is 0.223 e. The molecule has 0 radical (unpaired) electrons. The summed E-state index contributed by atoms with van der Waals surface area (Å²) < 4.78 is 20.0. The van der Waals surface area contributed by atoms with Gasteiger partial charge in [-0.3, -0.25) is 4.79 Å². The number of halogens is 2. The van der Waals surface area contributed by atoms with E-state index in [4.69, 9.17) is 16.3 Å². The number of nitrogens with zero attached hydrogens (tertiary/aromatic N) is 3. The third kappa shape index (κ3) is 2.73. The molecule has 5 atom stereocenters. The highest BCUT2D eigenvalue weighted by Gasteiger charge is 2.47. The van der Waals surface area contributed by atoms with E-state index in [0.717, 1.165) is 12.8 Å². The topological polar surface area (TPSA) is 67.3 Å². The van der Waals surface area contributed by atoms with Crippen LogP contribution >= 0.6 is 11.6 Å². The summed E-state index contributed by atoms with van der Waals surface area (Å²) in [5.74, 6) is 0.603. The van der Waals surface area contributed by atoms with Crippen LogP contribution in [0.15, 0.2) is 6.33 Å². The number of amides is 1. The van der Waals surface area contributed by atoms with E-state index in [1.54, 1.807) is 0 Å². The van der Waals surface area contributed by atoms with Gasteiger partial charge in [-0.2, -0.15) is 4.39 Å². The number of aromatic nitrogens is 2. The van der Waals surface area contributed by atoms with Crippen LogP contribution in [0.2, 0.25) is 5.15 Å². The average Bonchev–Trinajstić information content (AvgIpc) is 2.98. The highest BCUT2D eigenvalue weighted by Crippen LogP contribution is 2.40. The van der Waals surface area contributed by atoms with Gasteiger partial charge in [0, 0.05) is 24.4 Å². The number of anilines is 1. The highest BCUT2D eigenvalue weighted by atomic mass is 35.5. The summed E-state index contributed by atoms with van der Waals surface area (Å²) in [6.45, 7) is 3.75. The average molecular weight is 355 g/mol. The summed E-state index contributed by atoms with van der Waals surface area (Å²) in [7, 11) is 0. The molecule has 1 aliphatic carbocycles. The van der Waals surface area contributed by atoms with Gasteiger partial charge < -0.3 is 15.0 Å². The molecule has 3 unspecified atom stereocenters. The minimum Gasteiger partial charge on any atom is -0.379 e. The second-order valence-electron chi connectivity index (χ2n) is 7.03. The van der Waals surface area contributed by atoms with E-state index in [2.05, 4.69) is 22.2 Å². The Labute approximate surface area is 144 Å². The number of fused-ring (bicyclic) bond motifs is 1. The maximum absolute atomic E-state index is 14.4. The molecule has 130 valence electrons. The molecular formula is C16H20ClFN4O2. The Morgan fingerprint density at radius 1 is 1.46 bits per heavy atom. The summed E-state index contributed by atoms with van der Waals surface area (Å²) in [6, 6.07) is 0.0505. The molecule has 1 saturated carbocycles. The van der Waals surface area contributed by atoms with Gasteiger partial charge in [-0.25, -0.2) is 9.97 Å². The summed E-state index contributed by atoms with van der Waals surface area (Å²) in [5, 5.41) is 2.84. The first-order chi connectivity index (χ1) is 11.6. The van der Waals surface area contributed by atoms with Crippen molar-refractivity contribution in [3.63, 3.8) is 0 Å². The largest absolute Gasteiger partial charge is 0.379 e. The zero-order valence-electron chi connectivity index (χ0n) is 13.4. The van der Waals surface area contributed by atoms with Crippen LogP contribution in [0.25, 0.3) is 0 Å². The predicted molar refractivity (Wildman–Crippen MR) is 86.3 cm³/mol. The van der Waals surface area contributed by atoms with Crippen LogP contribution in [0.4, 0.5) is 10.2 Å². The van der Waals surface area contributed by atoms with Crippen molar-refractivity contribution in [3.05, 3.63) is 17.3 Å². The smallest absolute Gasteiger partial charge is 0.223 e. The fourth-order valence-electron chi connectivity index (χ4n) is 3.92. The molecule has 4 rings (SSSR count). The lowest BCUT2D eigenvalue weighted by molar-refractivity contribution is -0.122. The fraction of sp³-hybridized carbons (Fsp3) is 0.688. The Bertz CT molecular complexity index is 661. The molecule has 1 N–H and O–H groups in total. The Kier molecular flexibility index (Phi) is 4.08. The van der Waals surface area contributed by atoms with E-state index in [9.17, 15) is 9.18 Å². The van der Waals surface area contributed by atoms with Gasteiger partial charge in [-0.05, 0) is 18.8 Å². The van der Waals surface area contributed by atoms with Crippen LogP contribution in [0, 0.1) is 23.6 Å². The third-order valence-electron chi connectivity index (χ3n) is 5.42. The third-order valence-corrected chi connectivity index (χ3v) is 5.68. The molecule has 3 fully saturated rings. The highest BCUT2D eigenvalue weighted by molar-refractivity contribution is 6.29. The van der Waals surface area contributed by atoms with Crippen LogP contribution < -0.4 is 10.2 Å². The van der Waals surface area contributed by atoms with Gasteiger partial charge in [-0.1, -0.05) is 18.5 Å². The van der Waals surface area contributed by atoms with Crippen molar-refractivity contribution >= 4 is 23.3 Å². The standard InChI is InChI=1S/C16H20ClFN4O2/c1-8-2-11(8)16(23)19-4-10-3-9-5-24-6-12(9)22(10)15-13(18)14(17)20-7-21-15/h7-12H,2-6H2,1H3,(H,19,23)/t8-,9?,10?,11-,12?/m1/s1. The fourth-order valence-corrected chi connectivity index (χ4v) is 4.05. The summed E-state index contributed by atoms with van der Waals surface area (Å²) in [4.78, 5) is 21.8. The molecule has 2 aliphatic heterocycles. The van der Waals surface area contributed by atoms with Crippen LogP contribution in [0.3, 0.4) is 0 Å². The molecule has 0 spiro atoms. The molecule has 3 heterocycles. The Morgan fingerprint density at radius 2 is 2.25 bits per heavy atom. The first-order valence-electron chi connectivity index (χ1n) is 8.36. The molecule has 24 heavy (non-hydrogen) atoms. The van der Waals surface area contributed by atoms with Gasteiger partial charge in [0.15, 0.2) is 11.0 Å². The summed E-state index contributed by atoms with van der Waals surface area (Å²) in [6.07, 6.45) is 3.06. The van der Waals surface area contributed by atoms with Crippen molar-refractivity contribution in [3.8, 4) is 0 Å². The van der Waals surface area contributed by atoms with E-state index >= 15 is 0 Å². The number of hydrogen-bond acceptors (Lipinski definition) is 5. The van der Waals surface area contributed by atoms with Crippen molar-refractivity contribution in [2.45, 2.75) is 31.8 Å². The number of hydrogen-bond donors (Lipinski definition) is 1. The van der Waals surface area contributed by atoms with Gasteiger partial charge in [0.2, 0.25) is 11.7 Å². The van der Waals surface area contributed by atoms with E-state index in [-0.39, 0.29) is 34.9 Å². The van der Waals surface area contributed by atoms with E-state index < -0.39 is 5.82 Å². The number of nitrogens with one attached hydrogen (secondary N) is 1. The second-order valence-corrected chi connectivity index (χ2v) is 7.39. The minimum atomic E-state index is -0.612. The lowest BCUT2D eigenvalue weighted by Gasteiger charge is -2.30. The maximum atomic E-state index is 14.4. The molecule has 6 nitrogen and oxygen atoms in total. The van der Waals surface area contributed by atoms with Gasteiger partial charge in [-0.15, -0.1) is 0 Å². The number of ether oxygens (including phenoxy) is 1. The quantitative estimate of drug-likeness (QED) is 0.832. The molecule has 2 saturated heterocycles. The number of rotatable bonds is 4. The SMILES string of the molecule is C[C@@H]1C[C@H]1C(=O)NCC1CC2COCC2N1c1ncnc(Cl)c1F. The molecular weight excluding hydrogens is 335 g/mol. The monoisotopic (exact) mass is 354 g/mol. The molecule has 1 aromatic rings. The number of carbonyl (C=O) groups excluding carboxylic acids is 1. The molecule has 1 amide bonds. The molecule has 0 aromatic carbocycles. The zero-order chi connectivity index (χ0) is 16.8. The van der Waals surface area contributed by atoms with Crippen molar-refractivity contribution in [1.82, 2.24) is 15.3 Å². The van der Waals surface area contributed by atoms with Gasteiger partial charge in [0.05, 0.1) is 19.3 Å². The normalized spacial score (nSPS) is 34.3. The molecule has 8 heteroatoms. The van der Waals surface area contributed by atoms with E-state index in [1.807, 2.05) is 4.90 Å². The van der Waals surface area contributed by atoms with Crippen LogP contribution in [0.1, 0.15) is 19.8 Å². The Hall–Kier alpha value is -1.47. The van der Waals surface area contributed by atoms with E-state index in [0.29, 0.717) is 31.6 Å². The lowest BCUT2D eigenvalue weighted by Crippen LogP contribution is -2.45. The van der Waals surface area contributed by atoms with Crippen molar-refractivity contribution in [2.24, 2.45) is 17.8 Å².